The predicted octanol–water partition coefficient (Wildman–Crippen LogP) is 1.82. The maximum absolute atomic E-state index is 11.9. The number of rotatable bonds is 1. The lowest BCUT2D eigenvalue weighted by atomic mass is 10.2. The summed E-state index contributed by atoms with van der Waals surface area (Å²) < 4.78 is 23.8. The Bertz CT molecular complexity index is 563. The van der Waals surface area contributed by atoms with Crippen LogP contribution in [0.15, 0.2) is 23.1 Å². The van der Waals surface area contributed by atoms with E-state index in [9.17, 15) is 8.42 Å². The van der Waals surface area contributed by atoms with Crippen molar-refractivity contribution in [2.75, 3.05) is 11.1 Å². The highest BCUT2D eigenvalue weighted by molar-refractivity contribution is 7.91. The summed E-state index contributed by atoms with van der Waals surface area (Å²) in [7, 11) is -3.30. The lowest BCUT2D eigenvalue weighted by Gasteiger charge is -2.25. The number of halogens is 1. The molecule has 1 aromatic rings. The first-order chi connectivity index (χ1) is 7.53. The van der Waals surface area contributed by atoms with Crippen molar-refractivity contribution in [1.82, 2.24) is 0 Å². The molecule has 0 aromatic heterocycles. The zero-order valence-electron chi connectivity index (χ0n) is 8.27. The predicted molar refractivity (Wildman–Crippen MR) is 61.1 cm³/mol. The molecule has 4 nitrogen and oxygen atoms in total. The number of fused-ring (bicyclic) bond motifs is 1. The van der Waals surface area contributed by atoms with Crippen molar-refractivity contribution in [2.24, 2.45) is 0 Å². The largest absolute Gasteiger partial charge is 0.379 e. The molecule has 2 rings (SSSR count). The van der Waals surface area contributed by atoms with Crippen molar-refractivity contribution in [3.8, 4) is 6.07 Å². The zero-order chi connectivity index (χ0) is 11.8. The summed E-state index contributed by atoms with van der Waals surface area (Å²) >= 11 is 5.79. The smallest absolute Gasteiger partial charge is 0.182 e. The summed E-state index contributed by atoms with van der Waals surface area (Å²) in [6.07, 6.45) is 0.158. The van der Waals surface area contributed by atoms with E-state index in [2.05, 4.69) is 5.32 Å². The molecular formula is C10H9ClN2O2S. The summed E-state index contributed by atoms with van der Waals surface area (Å²) in [4.78, 5) is 0.256. The number of sulfone groups is 1. The molecule has 0 aliphatic carbocycles. The molecule has 0 bridgehead atoms. The molecule has 84 valence electrons. The number of benzene rings is 1. The molecule has 1 aliphatic heterocycles. The molecule has 6 heteroatoms. The highest BCUT2D eigenvalue weighted by Gasteiger charge is 2.29. The van der Waals surface area contributed by atoms with E-state index in [-0.39, 0.29) is 23.1 Å². The van der Waals surface area contributed by atoms with Crippen LogP contribution >= 0.6 is 11.6 Å². The Balaban J connectivity index is 2.49. The molecule has 0 saturated carbocycles. The maximum Gasteiger partial charge on any atom is 0.182 e. The van der Waals surface area contributed by atoms with E-state index in [4.69, 9.17) is 16.9 Å². The fourth-order valence-corrected chi connectivity index (χ4v) is 3.53. The molecule has 0 fully saturated rings. The third kappa shape index (κ3) is 1.99. The molecule has 0 radical (unpaired) electrons. The lowest BCUT2D eigenvalue weighted by molar-refractivity contribution is 0.586. The van der Waals surface area contributed by atoms with Crippen LogP contribution in [0.5, 0.6) is 0 Å². The van der Waals surface area contributed by atoms with Gasteiger partial charge in [-0.05, 0) is 18.2 Å². The molecule has 1 atom stereocenters. The van der Waals surface area contributed by atoms with Crippen LogP contribution in [0.25, 0.3) is 0 Å². The van der Waals surface area contributed by atoms with E-state index in [0.717, 1.165) is 0 Å². The van der Waals surface area contributed by atoms with Crippen LogP contribution in [0.2, 0.25) is 5.02 Å². The van der Waals surface area contributed by atoms with Gasteiger partial charge in [-0.1, -0.05) is 11.6 Å². The number of hydrogen-bond acceptors (Lipinski definition) is 4. The molecule has 0 amide bonds. The van der Waals surface area contributed by atoms with Crippen molar-refractivity contribution in [3.63, 3.8) is 0 Å². The Hall–Kier alpha value is -1.25. The topological polar surface area (TPSA) is 70.0 Å². The van der Waals surface area contributed by atoms with Crippen LogP contribution in [0, 0.1) is 11.3 Å². The van der Waals surface area contributed by atoms with E-state index in [1.54, 1.807) is 12.1 Å². The standard InChI is InChI=1S/C10H9ClN2O2S/c11-7-1-2-10-9(5-7)13-8(3-4-12)6-16(10,14)15/h1-2,5,8,13H,3,6H2. The highest BCUT2D eigenvalue weighted by Crippen LogP contribution is 2.31. The molecule has 1 aromatic carbocycles. The fraction of sp³-hybridized carbons (Fsp3) is 0.300. The van der Waals surface area contributed by atoms with Crippen molar-refractivity contribution < 1.29 is 8.42 Å². The number of nitrogens with zero attached hydrogens (tertiary/aromatic N) is 1. The van der Waals surface area contributed by atoms with Gasteiger partial charge in [-0.15, -0.1) is 0 Å². The molecule has 0 spiro atoms. The number of nitriles is 1. The van der Waals surface area contributed by atoms with Crippen LogP contribution in [0.3, 0.4) is 0 Å². The Kier molecular flexibility index (Phi) is 2.78. The first-order valence-electron chi connectivity index (χ1n) is 4.69. The Labute approximate surface area is 98.8 Å². The minimum absolute atomic E-state index is 0.0464. The van der Waals surface area contributed by atoms with E-state index in [1.807, 2.05) is 6.07 Å². The molecule has 16 heavy (non-hydrogen) atoms. The normalized spacial score (nSPS) is 21.6. The van der Waals surface area contributed by atoms with Crippen molar-refractivity contribution in [1.29, 1.82) is 5.26 Å². The van der Waals surface area contributed by atoms with Crippen LogP contribution in [-0.2, 0) is 9.84 Å². The van der Waals surface area contributed by atoms with E-state index < -0.39 is 9.84 Å². The Morgan fingerprint density at radius 1 is 1.56 bits per heavy atom. The summed E-state index contributed by atoms with van der Waals surface area (Å²) in [5.41, 5.74) is 0.485. The Morgan fingerprint density at radius 2 is 2.31 bits per heavy atom. The van der Waals surface area contributed by atoms with Gasteiger partial charge in [0.1, 0.15) is 0 Å². The highest BCUT2D eigenvalue weighted by atomic mass is 35.5. The van der Waals surface area contributed by atoms with Gasteiger partial charge in [-0.3, -0.25) is 0 Å². The van der Waals surface area contributed by atoms with Gasteiger partial charge >= 0.3 is 0 Å². The first-order valence-corrected chi connectivity index (χ1v) is 6.72. The van der Waals surface area contributed by atoms with Gasteiger partial charge in [-0.25, -0.2) is 8.42 Å². The van der Waals surface area contributed by atoms with E-state index in [1.165, 1.54) is 6.07 Å². The number of hydrogen-bond donors (Lipinski definition) is 1. The molecule has 0 saturated heterocycles. The molecule has 1 aliphatic rings. The molecule has 1 unspecified atom stereocenters. The van der Waals surface area contributed by atoms with Crippen LogP contribution in [-0.4, -0.2) is 20.2 Å². The average molecular weight is 257 g/mol. The third-order valence-electron chi connectivity index (χ3n) is 2.39. The van der Waals surface area contributed by atoms with Crippen molar-refractivity contribution in [3.05, 3.63) is 23.2 Å². The lowest BCUT2D eigenvalue weighted by Crippen LogP contribution is -2.33. The second-order valence-electron chi connectivity index (χ2n) is 3.63. The molecule has 1 N–H and O–H groups in total. The van der Waals surface area contributed by atoms with E-state index in [0.29, 0.717) is 10.7 Å². The van der Waals surface area contributed by atoms with Gasteiger partial charge in [0.25, 0.3) is 0 Å². The number of nitrogens with one attached hydrogen (secondary N) is 1. The minimum atomic E-state index is -3.30. The average Bonchev–Trinajstić information content (AvgIpc) is 2.15. The second kappa shape index (κ2) is 3.96. The monoisotopic (exact) mass is 256 g/mol. The van der Waals surface area contributed by atoms with Gasteiger partial charge < -0.3 is 5.32 Å². The fourth-order valence-electron chi connectivity index (χ4n) is 1.72. The van der Waals surface area contributed by atoms with Crippen molar-refractivity contribution in [2.45, 2.75) is 17.4 Å². The minimum Gasteiger partial charge on any atom is -0.379 e. The zero-order valence-corrected chi connectivity index (χ0v) is 9.85. The quantitative estimate of drug-likeness (QED) is 0.832. The van der Waals surface area contributed by atoms with Gasteiger partial charge in [0.2, 0.25) is 0 Å². The van der Waals surface area contributed by atoms with Gasteiger partial charge in [0.15, 0.2) is 9.84 Å². The summed E-state index contributed by atoms with van der Waals surface area (Å²) in [6, 6.07) is 6.20. The van der Waals surface area contributed by atoms with Crippen LogP contribution in [0.1, 0.15) is 6.42 Å². The van der Waals surface area contributed by atoms with E-state index >= 15 is 0 Å². The summed E-state index contributed by atoms with van der Waals surface area (Å²) in [5, 5.41) is 12.1. The molecular weight excluding hydrogens is 248 g/mol. The van der Waals surface area contributed by atoms with Crippen LogP contribution < -0.4 is 5.32 Å². The summed E-state index contributed by atoms with van der Waals surface area (Å²) in [6.45, 7) is 0. The summed E-state index contributed by atoms with van der Waals surface area (Å²) in [5.74, 6) is -0.0464. The SMILES string of the molecule is N#CCC1CS(=O)(=O)c2ccc(Cl)cc2N1. The van der Waals surface area contributed by atoms with Crippen LogP contribution in [0.4, 0.5) is 5.69 Å². The van der Waals surface area contributed by atoms with Crippen molar-refractivity contribution >= 4 is 27.1 Å². The van der Waals surface area contributed by atoms with Gasteiger partial charge in [-0.2, -0.15) is 5.26 Å². The second-order valence-corrected chi connectivity index (χ2v) is 6.06. The molecule has 1 heterocycles. The maximum atomic E-state index is 11.9. The Morgan fingerprint density at radius 3 is 3.00 bits per heavy atom. The van der Waals surface area contributed by atoms with Gasteiger partial charge in [0.05, 0.1) is 34.9 Å². The third-order valence-corrected chi connectivity index (χ3v) is 4.50. The number of anilines is 1. The van der Waals surface area contributed by atoms with Gasteiger partial charge in [0, 0.05) is 5.02 Å². The first kappa shape index (κ1) is 11.2.